The van der Waals surface area contributed by atoms with Crippen molar-refractivity contribution in [2.75, 3.05) is 17.2 Å². The summed E-state index contributed by atoms with van der Waals surface area (Å²) in [5.41, 5.74) is 1.93. The summed E-state index contributed by atoms with van der Waals surface area (Å²) in [6.45, 7) is 7.29. The molecule has 1 heterocycles. The van der Waals surface area contributed by atoms with Crippen LogP contribution in [-0.4, -0.2) is 16.5 Å². The number of hydrogen-bond donors (Lipinski definition) is 2. The lowest BCUT2D eigenvalue weighted by Crippen LogP contribution is -2.07. The number of nitrogens with zero attached hydrogens (tertiary/aromatic N) is 2. The number of benzene rings is 1. The molecule has 5 heteroatoms. The van der Waals surface area contributed by atoms with E-state index in [1.165, 1.54) is 0 Å². The number of halogens is 1. The Morgan fingerprint density at radius 2 is 2.05 bits per heavy atom. The molecule has 0 spiro atoms. The number of rotatable bonds is 6. The summed E-state index contributed by atoms with van der Waals surface area (Å²) in [7, 11) is 0. The summed E-state index contributed by atoms with van der Waals surface area (Å²) in [5.74, 6) is 2.06. The average Bonchev–Trinajstić information content (AvgIpc) is 2.43. The number of anilines is 3. The summed E-state index contributed by atoms with van der Waals surface area (Å²) in [5, 5.41) is 7.20. The first-order chi connectivity index (χ1) is 10.0. The van der Waals surface area contributed by atoms with E-state index in [4.69, 9.17) is 11.6 Å². The summed E-state index contributed by atoms with van der Waals surface area (Å²) < 4.78 is 0. The van der Waals surface area contributed by atoms with Gasteiger partial charge in [0, 0.05) is 23.5 Å². The summed E-state index contributed by atoms with van der Waals surface area (Å²) >= 11 is 6.12. The Bertz CT molecular complexity index is 599. The molecule has 0 fully saturated rings. The molecular formula is C16H21ClN4. The van der Waals surface area contributed by atoms with Crippen LogP contribution in [0.15, 0.2) is 30.5 Å². The first-order valence-electron chi connectivity index (χ1n) is 7.14. The molecule has 112 valence electrons. The Balaban J connectivity index is 2.01. The van der Waals surface area contributed by atoms with Crippen molar-refractivity contribution in [2.24, 2.45) is 5.92 Å². The van der Waals surface area contributed by atoms with Crippen LogP contribution in [0.2, 0.25) is 5.02 Å². The molecule has 0 aliphatic carbocycles. The zero-order chi connectivity index (χ0) is 15.2. The standard InChI is InChI=1S/C16H21ClN4/c1-11(2)6-8-18-15-7-9-19-16(21-15)20-13-5-4-12(3)14(17)10-13/h4-5,7,9-11H,6,8H2,1-3H3,(H2,18,19,20,21). The first kappa shape index (κ1) is 15.6. The third kappa shape index (κ3) is 4.90. The van der Waals surface area contributed by atoms with Crippen LogP contribution in [-0.2, 0) is 0 Å². The van der Waals surface area contributed by atoms with E-state index >= 15 is 0 Å². The smallest absolute Gasteiger partial charge is 0.229 e. The highest BCUT2D eigenvalue weighted by Gasteiger charge is 2.02. The van der Waals surface area contributed by atoms with Crippen LogP contribution in [0.5, 0.6) is 0 Å². The fourth-order valence-corrected chi connectivity index (χ4v) is 1.99. The fourth-order valence-electron chi connectivity index (χ4n) is 1.81. The summed E-state index contributed by atoms with van der Waals surface area (Å²) in [6.07, 6.45) is 2.85. The Labute approximate surface area is 131 Å². The molecule has 0 saturated carbocycles. The van der Waals surface area contributed by atoms with Crippen molar-refractivity contribution in [3.8, 4) is 0 Å². The van der Waals surface area contributed by atoms with E-state index in [0.717, 1.165) is 35.1 Å². The lowest BCUT2D eigenvalue weighted by molar-refractivity contribution is 0.606. The van der Waals surface area contributed by atoms with E-state index in [9.17, 15) is 0 Å². The van der Waals surface area contributed by atoms with Gasteiger partial charge >= 0.3 is 0 Å². The molecule has 0 radical (unpaired) electrons. The van der Waals surface area contributed by atoms with Crippen LogP contribution in [0.1, 0.15) is 25.8 Å². The molecule has 0 amide bonds. The number of aromatic nitrogens is 2. The highest BCUT2D eigenvalue weighted by atomic mass is 35.5. The van der Waals surface area contributed by atoms with Gasteiger partial charge in [0.1, 0.15) is 5.82 Å². The predicted octanol–water partition coefficient (Wildman–Crippen LogP) is 4.64. The van der Waals surface area contributed by atoms with E-state index in [-0.39, 0.29) is 0 Å². The van der Waals surface area contributed by atoms with Gasteiger partial charge in [-0.25, -0.2) is 4.98 Å². The minimum absolute atomic E-state index is 0.560. The van der Waals surface area contributed by atoms with E-state index in [1.807, 2.05) is 31.2 Å². The number of hydrogen-bond acceptors (Lipinski definition) is 4. The van der Waals surface area contributed by atoms with Gasteiger partial charge in [0.15, 0.2) is 0 Å². The first-order valence-corrected chi connectivity index (χ1v) is 7.52. The lowest BCUT2D eigenvalue weighted by atomic mass is 10.1. The molecule has 0 aliphatic heterocycles. The second-order valence-electron chi connectivity index (χ2n) is 5.46. The van der Waals surface area contributed by atoms with E-state index in [1.54, 1.807) is 6.20 Å². The average molecular weight is 305 g/mol. The highest BCUT2D eigenvalue weighted by molar-refractivity contribution is 6.31. The molecule has 2 aromatic rings. The van der Waals surface area contributed by atoms with Crippen LogP contribution in [0.3, 0.4) is 0 Å². The number of nitrogens with one attached hydrogen (secondary N) is 2. The molecule has 1 aromatic carbocycles. The minimum Gasteiger partial charge on any atom is -0.370 e. The second kappa shape index (κ2) is 7.27. The quantitative estimate of drug-likeness (QED) is 0.816. The molecule has 21 heavy (non-hydrogen) atoms. The zero-order valence-electron chi connectivity index (χ0n) is 12.7. The van der Waals surface area contributed by atoms with Crippen LogP contribution >= 0.6 is 11.6 Å². The molecule has 2 N–H and O–H groups in total. The molecule has 0 unspecified atom stereocenters. The molecule has 0 atom stereocenters. The highest BCUT2D eigenvalue weighted by Crippen LogP contribution is 2.22. The Kier molecular flexibility index (Phi) is 5.39. The van der Waals surface area contributed by atoms with Gasteiger partial charge in [0.25, 0.3) is 0 Å². The fraction of sp³-hybridized carbons (Fsp3) is 0.375. The maximum atomic E-state index is 6.12. The molecular weight excluding hydrogens is 284 g/mol. The van der Waals surface area contributed by atoms with Crippen molar-refractivity contribution in [1.29, 1.82) is 0 Å². The van der Waals surface area contributed by atoms with Crippen molar-refractivity contribution in [3.63, 3.8) is 0 Å². The van der Waals surface area contributed by atoms with Crippen molar-refractivity contribution in [3.05, 3.63) is 41.0 Å². The van der Waals surface area contributed by atoms with Crippen LogP contribution in [0, 0.1) is 12.8 Å². The van der Waals surface area contributed by atoms with Crippen molar-refractivity contribution >= 4 is 29.1 Å². The molecule has 4 nitrogen and oxygen atoms in total. The molecule has 0 saturated heterocycles. The Hall–Kier alpha value is -1.81. The minimum atomic E-state index is 0.560. The lowest BCUT2D eigenvalue weighted by Gasteiger charge is -2.10. The van der Waals surface area contributed by atoms with Crippen molar-refractivity contribution < 1.29 is 0 Å². The van der Waals surface area contributed by atoms with Gasteiger partial charge in [0.2, 0.25) is 5.95 Å². The largest absolute Gasteiger partial charge is 0.370 e. The van der Waals surface area contributed by atoms with Gasteiger partial charge in [-0.2, -0.15) is 4.98 Å². The monoisotopic (exact) mass is 304 g/mol. The maximum absolute atomic E-state index is 6.12. The van der Waals surface area contributed by atoms with Gasteiger partial charge < -0.3 is 10.6 Å². The normalized spacial score (nSPS) is 10.7. The van der Waals surface area contributed by atoms with Gasteiger partial charge in [-0.05, 0) is 43.0 Å². The Morgan fingerprint density at radius 1 is 1.24 bits per heavy atom. The van der Waals surface area contributed by atoms with Gasteiger partial charge in [-0.15, -0.1) is 0 Å². The molecule has 1 aromatic heterocycles. The van der Waals surface area contributed by atoms with Gasteiger partial charge in [0.05, 0.1) is 0 Å². The third-order valence-corrected chi connectivity index (χ3v) is 3.52. The topological polar surface area (TPSA) is 49.8 Å². The Morgan fingerprint density at radius 3 is 2.76 bits per heavy atom. The van der Waals surface area contributed by atoms with Crippen molar-refractivity contribution in [1.82, 2.24) is 9.97 Å². The zero-order valence-corrected chi connectivity index (χ0v) is 13.4. The van der Waals surface area contributed by atoms with Crippen LogP contribution < -0.4 is 10.6 Å². The van der Waals surface area contributed by atoms with Crippen LogP contribution in [0.25, 0.3) is 0 Å². The number of aryl methyl sites for hydroxylation is 1. The van der Waals surface area contributed by atoms with Gasteiger partial charge in [-0.3, -0.25) is 0 Å². The molecule has 0 bridgehead atoms. The molecule has 0 aliphatic rings. The summed E-state index contributed by atoms with van der Waals surface area (Å²) in [4.78, 5) is 8.67. The third-order valence-electron chi connectivity index (χ3n) is 3.11. The second-order valence-corrected chi connectivity index (χ2v) is 5.87. The van der Waals surface area contributed by atoms with Crippen LogP contribution in [0.4, 0.5) is 17.5 Å². The predicted molar refractivity (Wildman–Crippen MR) is 89.4 cm³/mol. The maximum Gasteiger partial charge on any atom is 0.229 e. The van der Waals surface area contributed by atoms with E-state index in [0.29, 0.717) is 11.9 Å². The summed E-state index contributed by atoms with van der Waals surface area (Å²) in [6, 6.07) is 7.67. The SMILES string of the molecule is Cc1ccc(Nc2nccc(NCCC(C)C)n2)cc1Cl. The van der Waals surface area contributed by atoms with E-state index < -0.39 is 0 Å². The molecule has 2 rings (SSSR count). The van der Waals surface area contributed by atoms with E-state index in [2.05, 4.69) is 34.4 Å². The van der Waals surface area contributed by atoms with Gasteiger partial charge in [-0.1, -0.05) is 31.5 Å². The van der Waals surface area contributed by atoms with Crippen molar-refractivity contribution in [2.45, 2.75) is 27.2 Å².